The Labute approximate surface area is 175 Å². The first-order chi connectivity index (χ1) is 14.6. The number of methoxy groups -OCH3 is 1. The van der Waals surface area contributed by atoms with E-state index in [4.69, 9.17) is 4.74 Å². The Morgan fingerprint density at radius 2 is 1.20 bits per heavy atom. The number of hydrogen-bond acceptors (Lipinski definition) is 4. The molecule has 0 fully saturated rings. The van der Waals surface area contributed by atoms with Crippen molar-refractivity contribution in [3.63, 3.8) is 0 Å². The minimum atomic E-state index is -2.61. The molecule has 3 aromatic carbocycles. The average Bonchev–Trinajstić information content (AvgIpc) is 3.11. The van der Waals surface area contributed by atoms with Crippen LogP contribution in [0.25, 0.3) is 0 Å². The predicted octanol–water partition coefficient (Wildman–Crippen LogP) is 3.14. The number of hydrogen-bond donors (Lipinski definition) is 0. The Morgan fingerprint density at radius 1 is 0.800 bits per heavy atom. The van der Waals surface area contributed by atoms with Gasteiger partial charge in [0.1, 0.15) is 0 Å². The van der Waals surface area contributed by atoms with E-state index in [0.717, 1.165) is 20.9 Å². The maximum absolute atomic E-state index is 13.6. The highest BCUT2D eigenvalue weighted by atomic mass is 31.2. The Bertz CT molecular complexity index is 1070. The van der Waals surface area contributed by atoms with Crippen LogP contribution in [0.1, 0.15) is 6.92 Å². The van der Waals surface area contributed by atoms with Crippen molar-refractivity contribution in [3.05, 3.63) is 91.0 Å². The molecule has 3 aromatic rings. The Kier molecular flexibility index (Phi) is 5.39. The topological polar surface area (TPSA) is 59.0 Å². The molecular weight excluding hydrogens is 395 g/mol. The molecule has 0 spiro atoms. The monoisotopic (exact) mass is 416 g/mol. The van der Waals surface area contributed by atoms with Crippen LogP contribution in [0.15, 0.2) is 96.1 Å². The molecule has 1 heterocycles. The Morgan fingerprint density at radius 3 is 1.57 bits per heavy atom. The minimum absolute atomic E-state index is 0.441. The van der Waals surface area contributed by atoms with E-state index in [9.17, 15) is 9.59 Å². The maximum Gasteiger partial charge on any atom is 0.437 e. The Balaban J connectivity index is 2.20. The van der Waals surface area contributed by atoms with Crippen molar-refractivity contribution < 1.29 is 14.3 Å². The molecule has 0 saturated heterocycles. The van der Waals surface area contributed by atoms with Crippen molar-refractivity contribution in [3.8, 4) is 0 Å². The molecule has 0 aliphatic carbocycles. The second-order valence-corrected chi connectivity index (χ2v) is 10.1. The molecule has 0 unspecified atom stereocenters. The number of benzene rings is 3. The first-order valence-electron chi connectivity index (χ1n) is 9.52. The lowest BCUT2D eigenvalue weighted by atomic mass is 10.3. The molecule has 2 amide bonds. The van der Waals surface area contributed by atoms with E-state index in [1.54, 1.807) is 6.92 Å². The molecule has 30 heavy (non-hydrogen) atoms. The summed E-state index contributed by atoms with van der Waals surface area (Å²) < 4.78 is 4.79. The highest BCUT2D eigenvalue weighted by molar-refractivity contribution is 7.97. The van der Waals surface area contributed by atoms with E-state index in [-0.39, 0.29) is 0 Å². The number of carbonyl (C=O) groups is 2. The van der Waals surface area contributed by atoms with Crippen molar-refractivity contribution in [2.45, 2.75) is 6.92 Å². The summed E-state index contributed by atoms with van der Waals surface area (Å²) in [6.45, 7) is -0.836. The summed E-state index contributed by atoms with van der Waals surface area (Å²) in [5, 5.41) is 8.71. The number of hydrazone groups is 1. The van der Waals surface area contributed by atoms with Gasteiger partial charge in [-0.1, -0.05) is 91.0 Å². The zero-order valence-electron chi connectivity index (χ0n) is 16.7. The summed E-state index contributed by atoms with van der Waals surface area (Å²) in [5.41, 5.74) is 0.523. The van der Waals surface area contributed by atoms with E-state index in [0.29, 0.717) is 11.0 Å². The lowest BCUT2D eigenvalue weighted by Gasteiger charge is -2.31. The fourth-order valence-electron chi connectivity index (χ4n) is 3.88. The van der Waals surface area contributed by atoms with Gasteiger partial charge < -0.3 is 4.74 Å². The van der Waals surface area contributed by atoms with Gasteiger partial charge in [-0.3, -0.25) is 4.79 Å². The second-order valence-electron chi connectivity index (χ2n) is 6.80. The molecule has 0 aromatic heterocycles. The van der Waals surface area contributed by atoms with E-state index >= 15 is 0 Å². The van der Waals surface area contributed by atoms with Crippen molar-refractivity contribution in [1.82, 2.24) is 5.01 Å². The molecule has 1 aliphatic heterocycles. The minimum Gasteiger partial charge on any atom is -0.451 e. The fraction of sp³-hybridized carbons (Fsp3) is 0.0833. The molecule has 0 radical (unpaired) electrons. The van der Waals surface area contributed by atoms with Crippen LogP contribution in [-0.2, 0) is 9.53 Å². The molecule has 4 rings (SSSR count). The smallest absolute Gasteiger partial charge is 0.437 e. The van der Waals surface area contributed by atoms with Crippen LogP contribution < -0.4 is 15.9 Å². The number of rotatable bonds is 3. The lowest BCUT2D eigenvalue weighted by Crippen LogP contribution is -2.39. The van der Waals surface area contributed by atoms with Crippen molar-refractivity contribution in [2.24, 2.45) is 5.10 Å². The molecule has 0 atom stereocenters. The van der Waals surface area contributed by atoms with Crippen LogP contribution >= 0.6 is 6.89 Å². The first-order valence-corrected chi connectivity index (χ1v) is 11.3. The SMILES string of the molecule is COC(=O)N1N=C(C)C(=P(c2ccccc2)(c2ccccc2)c2ccccc2)C1=O. The largest absolute Gasteiger partial charge is 0.451 e. The van der Waals surface area contributed by atoms with Gasteiger partial charge in [-0.25, -0.2) is 4.79 Å². The first kappa shape index (κ1) is 19.9. The highest BCUT2D eigenvalue weighted by Gasteiger charge is 2.42. The molecule has 0 N–H and O–H groups in total. The van der Waals surface area contributed by atoms with Crippen LogP contribution in [-0.4, -0.2) is 35.1 Å². The van der Waals surface area contributed by atoms with Gasteiger partial charge in [0.15, 0.2) is 0 Å². The van der Waals surface area contributed by atoms with E-state index in [1.165, 1.54) is 7.11 Å². The summed E-state index contributed by atoms with van der Waals surface area (Å²) in [4.78, 5) is 25.8. The van der Waals surface area contributed by atoms with Gasteiger partial charge in [0.05, 0.1) is 18.1 Å². The number of imide groups is 1. The van der Waals surface area contributed by atoms with Gasteiger partial charge in [0, 0.05) is 0 Å². The quantitative estimate of drug-likeness (QED) is 0.617. The summed E-state index contributed by atoms with van der Waals surface area (Å²) >= 11 is 0. The third-order valence-corrected chi connectivity index (χ3v) is 9.51. The van der Waals surface area contributed by atoms with Crippen molar-refractivity contribution in [2.75, 3.05) is 7.11 Å². The normalized spacial score (nSPS) is 13.9. The standard InChI is InChI=1S/C24H21N2O3P/c1-18-22(23(27)26(25-18)24(28)29-2)30(19-12-6-3-7-13-19,20-14-8-4-9-15-20)21-16-10-5-11-17-21/h3-17H,1-2H3. The molecular formula is C24H21N2O3P. The molecule has 5 nitrogen and oxygen atoms in total. The third-order valence-electron chi connectivity index (χ3n) is 5.10. The summed E-state index contributed by atoms with van der Waals surface area (Å²) in [6, 6.07) is 30.0. The molecule has 1 aliphatic rings. The van der Waals surface area contributed by atoms with Gasteiger partial charge in [0.2, 0.25) is 0 Å². The van der Waals surface area contributed by atoms with Crippen LogP contribution in [0.5, 0.6) is 0 Å². The Hall–Kier alpha value is -3.43. The average molecular weight is 416 g/mol. The van der Waals surface area contributed by atoms with Gasteiger partial charge in [-0.15, -0.1) is 5.01 Å². The van der Waals surface area contributed by atoms with Crippen LogP contribution in [0.4, 0.5) is 4.79 Å². The van der Waals surface area contributed by atoms with E-state index in [1.807, 2.05) is 91.0 Å². The molecule has 0 saturated carbocycles. The van der Waals surface area contributed by atoms with Crippen molar-refractivity contribution >= 4 is 45.8 Å². The fourth-order valence-corrected chi connectivity index (χ4v) is 8.32. The number of nitrogens with zero attached hydrogens (tertiary/aromatic N) is 2. The maximum atomic E-state index is 13.6. The summed E-state index contributed by atoms with van der Waals surface area (Å²) in [5.74, 6) is -0.441. The van der Waals surface area contributed by atoms with Gasteiger partial charge >= 0.3 is 6.09 Å². The third kappa shape index (κ3) is 3.08. The van der Waals surface area contributed by atoms with Gasteiger partial charge in [0.25, 0.3) is 5.91 Å². The van der Waals surface area contributed by atoms with Gasteiger partial charge in [-0.2, -0.15) is 5.10 Å². The molecule has 6 heteroatoms. The second kappa shape index (κ2) is 8.13. The zero-order valence-corrected chi connectivity index (χ0v) is 17.6. The zero-order chi connectivity index (χ0) is 21.1. The number of amides is 2. The number of carbonyl (C=O) groups excluding carboxylic acids is 2. The van der Waals surface area contributed by atoms with Crippen LogP contribution in [0.3, 0.4) is 0 Å². The van der Waals surface area contributed by atoms with E-state index < -0.39 is 18.9 Å². The molecule has 0 bridgehead atoms. The molecule has 150 valence electrons. The highest BCUT2D eigenvalue weighted by Crippen LogP contribution is 2.47. The summed E-state index contributed by atoms with van der Waals surface area (Å²) in [7, 11) is 1.24. The van der Waals surface area contributed by atoms with Crippen molar-refractivity contribution in [1.29, 1.82) is 0 Å². The van der Waals surface area contributed by atoms with Gasteiger partial charge in [-0.05, 0) is 29.7 Å². The lowest BCUT2D eigenvalue weighted by molar-refractivity contribution is -0.121. The number of ether oxygens (including phenoxy) is 1. The van der Waals surface area contributed by atoms with Crippen LogP contribution in [0.2, 0.25) is 0 Å². The predicted molar refractivity (Wildman–Crippen MR) is 123 cm³/mol. The van der Waals surface area contributed by atoms with Crippen LogP contribution in [0, 0.1) is 0 Å². The summed E-state index contributed by atoms with van der Waals surface area (Å²) in [6.07, 6.45) is -0.790. The van der Waals surface area contributed by atoms with E-state index in [2.05, 4.69) is 5.10 Å².